The van der Waals surface area contributed by atoms with E-state index in [-0.39, 0.29) is 5.41 Å². The van der Waals surface area contributed by atoms with Crippen molar-refractivity contribution in [2.24, 2.45) is 5.41 Å². The first-order valence-electron chi connectivity index (χ1n) is 8.08. The van der Waals surface area contributed by atoms with E-state index in [2.05, 4.69) is 52.7 Å². The summed E-state index contributed by atoms with van der Waals surface area (Å²) in [4.78, 5) is 6.97. The summed E-state index contributed by atoms with van der Waals surface area (Å²) in [6, 6.07) is 4.20. The Morgan fingerprint density at radius 2 is 2.32 bits per heavy atom. The quantitative estimate of drug-likeness (QED) is 0.722. The predicted octanol–water partition coefficient (Wildman–Crippen LogP) is 3.41. The van der Waals surface area contributed by atoms with E-state index in [9.17, 15) is 0 Å². The molecule has 1 aliphatic heterocycles. The second-order valence-electron chi connectivity index (χ2n) is 5.94. The molecule has 1 aromatic heterocycles. The third-order valence-corrected chi connectivity index (χ3v) is 4.58. The van der Waals surface area contributed by atoms with E-state index in [0.29, 0.717) is 0 Å². The number of pyridine rings is 1. The Morgan fingerprint density at radius 1 is 1.50 bits per heavy atom. The molecule has 2 heterocycles. The number of anilines is 2. The maximum absolute atomic E-state index is 4.60. The molecule has 0 spiro atoms. The fraction of sp³-hybridized carbons (Fsp3) is 0.500. The number of allylic oxidation sites excluding steroid dienone is 1. The lowest BCUT2D eigenvalue weighted by molar-refractivity contribution is 0.354. The first-order chi connectivity index (χ1) is 10.6. The van der Waals surface area contributed by atoms with Crippen molar-refractivity contribution < 1.29 is 0 Å². The molecule has 1 unspecified atom stereocenters. The Bertz CT molecular complexity index is 508. The highest BCUT2D eigenvalue weighted by Crippen LogP contribution is 2.41. The summed E-state index contributed by atoms with van der Waals surface area (Å²) < 4.78 is 0. The third-order valence-electron chi connectivity index (χ3n) is 4.58. The number of aromatic nitrogens is 1. The van der Waals surface area contributed by atoms with Crippen LogP contribution in [0.5, 0.6) is 0 Å². The Balaban J connectivity index is 2.11. The van der Waals surface area contributed by atoms with Gasteiger partial charge in [-0.2, -0.15) is 0 Å². The van der Waals surface area contributed by atoms with Gasteiger partial charge in [-0.15, -0.1) is 6.58 Å². The van der Waals surface area contributed by atoms with Crippen LogP contribution >= 0.6 is 0 Å². The Labute approximate surface area is 134 Å². The van der Waals surface area contributed by atoms with E-state index in [4.69, 9.17) is 0 Å². The fourth-order valence-electron chi connectivity index (χ4n) is 3.19. The van der Waals surface area contributed by atoms with Gasteiger partial charge in [-0.05, 0) is 38.3 Å². The molecule has 1 fully saturated rings. The number of hydrogen-bond acceptors (Lipinski definition) is 4. The van der Waals surface area contributed by atoms with Crippen molar-refractivity contribution in [1.82, 2.24) is 10.3 Å². The number of hydrogen-bond donors (Lipinski definition) is 2. The summed E-state index contributed by atoms with van der Waals surface area (Å²) in [5.74, 6) is 1.05. The van der Waals surface area contributed by atoms with Gasteiger partial charge in [0, 0.05) is 37.8 Å². The molecular formula is C18H28N4. The van der Waals surface area contributed by atoms with Gasteiger partial charge in [0.2, 0.25) is 0 Å². The fourth-order valence-corrected chi connectivity index (χ4v) is 3.19. The molecule has 0 aliphatic carbocycles. The minimum Gasteiger partial charge on any atom is -0.391 e. The highest BCUT2D eigenvalue weighted by molar-refractivity contribution is 5.49. The standard InChI is InChI=1S/C18H28N4/c1-5-7-10-18(15(3)19-4)11-12-22(14-18)17-9-8-16(13-21-17)20-6-2/h5,8-9,13,19-20H,1,3,6-7,10-12,14H2,2,4H3. The summed E-state index contributed by atoms with van der Waals surface area (Å²) >= 11 is 0. The average Bonchev–Trinajstić information content (AvgIpc) is 2.99. The van der Waals surface area contributed by atoms with Gasteiger partial charge >= 0.3 is 0 Å². The van der Waals surface area contributed by atoms with Crippen LogP contribution in [-0.4, -0.2) is 31.7 Å². The maximum Gasteiger partial charge on any atom is 0.128 e. The molecule has 0 amide bonds. The lowest BCUT2D eigenvalue weighted by Gasteiger charge is -2.31. The minimum atomic E-state index is 0.116. The van der Waals surface area contributed by atoms with Gasteiger partial charge in [-0.3, -0.25) is 0 Å². The molecule has 1 aliphatic rings. The molecule has 2 N–H and O–H groups in total. The highest BCUT2D eigenvalue weighted by atomic mass is 15.2. The van der Waals surface area contributed by atoms with Crippen LogP contribution in [0.3, 0.4) is 0 Å². The van der Waals surface area contributed by atoms with Gasteiger partial charge < -0.3 is 15.5 Å². The zero-order valence-electron chi connectivity index (χ0n) is 13.9. The normalized spacial score (nSPS) is 20.7. The second-order valence-corrected chi connectivity index (χ2v) is 5.94. The van der Waals surface area contributed by atoms with Crippen molar-refractivity contribution in [3.8, 4) is 0 Å². The molecule has 1 aromatic rings. The van der Waals surface area contributed by atoms with E-state index in [1.54, 1.807) is 0 Å². The van der Waals surface area contributed by atoms with Gasteiger partial charge in [-0.25, -0.2) is 4.98 Å². The molecular weight excluding hydrogens is 272 g/mol. The second kappa shape index (κ2) is 7.34. The van der Waals surface area contributed by atoms with E-state index < -0.39 is 0 Å². The summed E-state index contributed by atoms with van der Waals surface area (Å²) in [5.41, 5.74) is 2.31. The monoisotopic (exact) mass is 300 g/mol. The molecule has 2 rings (SSSR count). The Morgan fingerprint density at radius 3 is 2.91 bits per heavy atom. The highest BCUT2D eigenvalue weighted by Gasteiger charge is 2.40. The number of nitrogens with one attached hydrogen (secondary N) is 2. The minimum absolute atomic E-state index is 0.116. The van der Waals surface area contributed by atoms with Crippen LogP contribution in [0.2, 0.25) is 0 Å². The molecule has 22 heavy (non-hydrogen) atoms. The van der Waals surface area contributed by atoms with E-state index in [1.807, 2.05) is 19.3 Å². The number of nitrogens with zero attached hydrogens (tertiary/aromatic N) is 2. The van der Waals surface area contributed by atoms with Crippen molar-refractivity contribution in [3.63, 3.8) is 0 Å². The van der Waals surface area contributed by atoms with Crippen molar-refractivity contribution >= 4 is 11.5 Å². The SMILES string of the molecule is C=CCCC1(C(=C)NC)CCN(c2ccc(NCC)cn2)C1. The topological polar surface area (TPSA) is 40.2 Å². The predicted molar refractivity (Wildman–Crippen MR) is 95.3 cm³/mol. The third kappa shape index (κ3) is 3.43. The van der Waals surface area contributed by atoms with Crippen LogP contribution in [-0.2, 0) is 0 Å². The smallest absolute Gasteiger partial charge is 0.128 e. The zero-order chi connectivity index (χ0) is 16.0. The van der Waals surface area contributed by atoms with Crippen LogP contribution in [0, 0.1) is 5.41 Å². The Kier molecular flexibility index (Phi) is 5.47. The summed E-state index contributed by atoms with van der Waals surface area (Å²) in [7, 11) is 1.96. The summed E-state index contributed by atoms with van der Waals surface area (Å²) in [6.45, 7) is 13.1. The van der Waals surface area contributed by atoms with Crippen molar-refractivity contribution in [2.45, 2.75) is 26.2 Å². The van der Waals surface area contributed by atoms with Crippen LogP contribution < -0.4 is 15.5 Å². The summed E-state index contributed by atoms with van der Waals surface area (Å²) in [6.07, 6.45) is 7.12. The lowest BCUT2D eigenvalue weighted by Crippen LogP contribution is -2.33. The average molecular weight is 300 g/mol. The van der Waals surface area contributed by atoms with Crippen LogP contribution in [0.1, 0.15) is 26.2 Å². The molecule has 1 atom stereocenters. The molecule has 120 valence electrons. The van der Waals surface area contributed by atoms with Crippen molar-refractivity contribution in [3.05, 3.63) is 43.3 Å². The van der Waals surface area contributed by atoms with Gasteiger partial charge in [0.25, 0.3) is 0 Å². The van der Waals surface area contributed by atoms with E-state index >= 15 is 0 Å². The van der Waals surface area contributed by atoms with E-state index in [1.165, 1.54) is 0 Å². The van der Waals surface area contributed by atoms with E-state index in [0.717, 1.165) is 56.1 Å². The van der Waals surface area contributed by atoms with Gasteiger partial charge in [0.15, 0.2) is 0 Å². The van der Waals surface area contributed by atoms with Crippen LogP contribution in [0.25, 0.3) is 0 Å². The van der Waals surface area contributed by atoms with Gasteiger partial charge in [0.05, 0.1) is 11.9 Å². The molecule has 4 heteroatoms. The summed E-state index contributed by atoms with van der Waals surface area (Å²) in [5, 5.41) is 6.55. The molecule has 0 aromatic carbocycles. The van der Waals surface area contributed by atoms with Gasteiger partial charge in [0.1, 0.15) is 5.82 Å². The first kappa shape index (κ1) is 16.4. The molecule has 0 bridgehead atoms. The maximum atomic E-state index is 4.60. The molecule has 4 nitrogen and oxygen atoms in total. The molecule has 0 radical (unpaired) electrons. The lowest BCUT2D eigenvalue weighted by atomic mass is 9.79. The first-order valence-corrected chi connectivity index (χ1v) is 8.08. The largest absolute Gasteiger partial charge is 0.391 e. The zero-order valence-corrected chi connectivity index (χ0v) is 13.9. The van der Waals surface area contributed by atoms with Gasteiger partial charge in [-0.1, -0.05) is 12.7 Å². The molecule has 0 saturated carbocycles. The molecule has 1 saturated heterocycles. The van der Waals surface area contributed by atoms with Crippen molar-refractivity contribution in [1.29, 1.82) is 0 Å². The number of rotatable bonds is 8. The van der Waals surface area contributed by atoms with Crippen LogP contribution in [0.4, 0.5) is 11.5 Å². The van der Waals surface area contributed by atoms with Crippen LogP contribution in [0.15, 0.2) is 43.3 Å². The Hall–Kier alpha value is -1.97. The van der Waals surface area contributed by atoms with Crippen molar-refractivity contribution in [2.75, 3.05) is 36.9 Å².